The Morgan fingerprint density at radius 1 is 1.31 bits per heavy atom. The Bertz CT molecular complexity index is 969. The van der Waals surface area contributed by atoms with E-state index in [2.05, 4.69) is 10.3 Å². The van der Waals surface area contributed by atoms with E-state index in [-0.39, 0.29) is 17.6 Å². The van der Waals surface area contributed by atoms with Gasteiger partial charge in [-0.25, -0.2) is 4.39 Å². The fraction of sp³-hybridized carbons (Fsp3) is 0.381. The molecule has 0 radical (unpaired) electrons. The number of carbonyl (C=O) groups is 1. The van der Waals surface area contributed by atoms with Crippen LogP contribution in [-0.4, -0.2) is 29.7 Å². The first-order chi connectivity index (χ1) is 14.0. The van der Waals surface area contributed by atoms with Gasteiger partial charge in [-0.3, -0.25) is 14.8 Å². The molecule has 1 fully saturated rings. The summed E-state index contributed by atoms with van der Waals surface area (Å²) in [6.07, 6.45) is 6.60. The molecule has 0 saturated heterocycles. The molecule has 2 unspecified atom stereocenters. The smallest absolute Gasteiger partial charge is 0.273 e. The van der Waals surface area contributed by atoms with Crippen LogP contribution in [0.15, 0.2) is 41.5 Å². The fourth-order valence-corrected chi connectivity index (χ4v) is 5.49. The summed E-state index contributed by atoms with van der Waals surface area (Å²) in [5.41, 5.74) is 7.66. The van der Waals surface area contributed by atoms with Crippen molar-refractivity contribution in [3.8, 4) is 0 Å². The van der Waals surface area contributed by atoms with Gasteiger partial charge in [-0.15, -0.1) is 0 Å². The Kier molecular flexibility index (Phi) is 5.63. The first-order valence-corrected chi connectivity index (χ1v) is 11.0. The lowest BCUT2D eigenvalue weighted by Crippen LogP contribution is -2.40. The number of rotatable bonds is 3. The van der Waals surface area contributed by atoms with E-state index in [9.17, 15) is 4.79 Å². The van der Waals surface area contributed by atoms with Crippen LogP contribution in [0.1, 0.15) is 48.2 Å². The van der Waals surface area contributed by atoms with E-state index >= 15 is 4.39 Å². The van der Waals surface area contributed by atoms with Crippen molar-refractivity contribution in [2.24, 2.45) is 16.6 Å². The molecular formula is C21H24BFN4OS. The summed E-state index contributed by atoms with van der Waals surface area (Å²) in [5.74, 6) is 0.476. The molecule has 1 saturated carbocycles. The number of carbonyl (C=O) groups excluding carboxylic acids is 1. The Hall–Kier alpha value is -2.35. The molecule has 1 amide bonds. The largest absolute Gasteiger partial charge is 0.379 e. The summed E-state index contributed by atoms with van der Waals surface area (Å²) in [6, 6.07) is 8.36. The van der Waals surface area contributed by atoms with Crippen LogP contribution in [0.4, 0.5) is 10.1 Å². The molecule has 4 rings (SSSR count). The molecule has 5 nitrogen and oxygen atoms in total. The van der Waals surface area contributed by atoms with Crippen molar-refractivity contribution in [3.63, 3.8) is 0 Å². The van der Waals surface area contributed by atoms with Gasteiger partial charge >= 0.3 is 0 Å². The van der Waals surface area contributed by atoms with Gasteiger partial charge in [-0.05, 0) is 43.0 Å². The third kappa shape index (κ3) is 3.90. The van der Waals surface area contributed by atoms with Crippen molar-refractivity contribution in [3.05, 3.63) is 53.6 Å². The number of nitrogens with two attached hydrogens (primary N) is 1. The highest BCUT2D eigenvalue weighted by Crippen LogP contribution is 2.49. The van der Waals surface area contributed by atoms with Crippen molar-refractivity contribution in [1.29, 1.82) is 0 Å². The number of anilines is 1. The number of amidine groups is 1. The van der Waals surface area contributed by atoms with Crippen LogP contribution in [0, 0.1) is 11.7 Å². The monoisotopic (exact) mass is 410 g/mol. The zero-order chi connectivity index (χ0) is 20.4. The minimum absolute atomic E-state index is 0.237. The third-order valence-electron chi connectivity index (χ3n) is 5.94. The maximum Gasteiger partial charge on any atom is 0.273 e. The van der Waals surface area contributed by atoms with Gasteiger partial charge in [-0.2, -0.15) is 0 Å². The fourth-order valence-electron chi connectivity index (χ4n) is 4.45. The lowest BCUT2D eigenvalue weighted by molar-refractivity contribution is 0.102. The number of nitrogens with zero attached hydrogens (tertiary/aromatic N) is 2. The van der Waals surface area contributed by atoms with Gasteiger partial charge in [0.15, 0.2) is 5.17 Å². The van der Waals surface area contributed by atoms with E-state index < -0.39 is 5.54 Å². The van der Waals surface area contributed by atoms with Crippen molar-refractivity contribution in [1.82, 2.24) is 4.98 Å². The number of thioether (sulfide) groups is 1. The van der Waals surface area contributed by atoms with Gasteiger partial charge in [-0.1, -0.05) is 42.6 Å². The van der Waals surface area contributed by atoms with Crippen LogP contribution in [0.5, 0.6) is 0 Å². The van der Waals surface area contributed by atoms with E-state index in [1.54, 1.807) is 36.2 Å². The lowest BCUT2D eigenvalue weighted by atomic mass is 9.75. The average Bonchev–Trinajstić information content (AvgIpc) is 2.92. The minimum Gasteiger partial charge on any atom is -0.379 e. The highest BCUT2D eigenvalue weighted by Gasteiger charge is 2.45. The number of hydrogen-bond acceptors (Lipinski definition) is 5. The van der Waals surface area contributed by atoms with E-state index in [4.69, 9.17) is 10.7 Å². The SMILES string of the molecule is Bc1cccnc1C(=O)Nc1ccc(F)c(C23CCCCCC2CSC(N)=N3)c1. The van der Waals surface area contributed by atoms with Crippen LogP contribution in [0.25, 0.3) is 0 Å². The second kappa shape index (κ2) is 8.18. The second-order valence-electron chi connectivity index (χ2n) is 7.80. The molecule has 2 heterocycles. The summed E-state index contributed by atoms with van der Waals surface area (Å²) < 4.78 is 15.1. The highest BCUT2D eigenvalue weighted by molar-refractivity contribution is 8.13. The summed E-state index contributed by atoms with van der Waals surface area (Å²) in [6.45, 7) is 0. The number of benzene rings is 1. The Labute approximate surface area is 175 Å². The minimum atomic E-state index is -0.655. The molecule has 29 heavy (non-hydrogen) atoms. The summed E-state index contributed by atoms with van der Waals surface area (Å²) >= 11 is 1.55. The number of hydrogen-bond donors (Lipinski definition) is 2. The molecular weight excluding hydrogens is 386 g/mol. The topological polar surface area (TPSA) is 80.4 Å². The van der Waals surface area contributed by atoms with Gasteiger partial charge in [0.2, 0.25) is 0 Å². The number of pyridine rings is 1. The van der Waals surface area contributed by atoms with Crippen LogP contribution >= 0.6 is 11.8 Å². The average molecular weight is 410 g/mol. The van der Waals surface area contributed by atoms with Crippen LogP contribution in [0.3, 0.4) is 0 Å². The van der Waals surface area contributed by atoms with Gasteiger partial charge in [0, 0.05) is 23.2 Å². The molecule has 0 bridgehead atoms. The first kappa shape index (κ1) is 19.9. The van der Waals surface area contributed by atoms with Gasteiger partial charge in [0.1, 0.15) is 19.4 Å². The number of aromatic nitrogens is 1. The predicted octanol–water partition coefficient (Wildman–Crippen LogP) is 2.57. The van der Waals surface area contributed by atoms with Gasteiger partial charge < -0.3 is 11.1 Å². The van der Waals surface area contributed by atoms with Crippen molar-refractivity contribution >= 4 is 41.8 Å². The van der Waals surface area contributed by atoms with E-state index in [0.29, 0.717) is 22.1 Å². The number of amides is 1. The second-order valence-corrected chi connectivity index (χ2v) is 8.84. The lowest BCUT2D eigenvalue weighted by Gasteiger charge is -2.40. The van der Waals surface area contributed by atoms with Gasteiger partial charge in [0.25, 0.3) is 5.91 Å². The molecule has 2 atom stereocenters. The first-order valence-electron chi connectivity index (χ1n) is 10.0. The summed E-state index contributed by atoms with van der Waals surface area (Å²) in [4.78, 5) is 21.7. The Morgan fingerprint density at radius 2 is 2.17 bits per heavy atom. The normalized spacial score (nSPS) is 24.2. The molecule has 2 aliphatic rings. The van der Waals surface area contributed by atoms with Gasteiger partial charge in [0.05, 0.1) is 5.54 Å². The zero-order valence-electron chi connectivity index (χ0n) is 16.5. The molecule has 1 aliphatic heterocycles. The maximum atomic E-state index is 15.1. The van der Waals surface area contributed by atoms with Crippen molar-refractivity contribution in [2.75, 3.05) is 11.1 Å². The molecule has 1 aliphatic carbocycles. The summed E-state index contributed by atoms with van der Waals surface area (Å²) in [5, 5.41) is 3.39. The number of nitrogens with one attached hydrogen (secondary N) is 1. The summed E-state index contributed by atoms with van der Waals surface area (Å²) in [7, 11) is 1.84. The van der Waals surface area contributed by atoms with Crippen LogP contribution in [0.2, 0.25) is 0 Å². The van der Waals surface area contributed by atoms with Crippen molar-refractivity contribution in [2.45, 2.75) is 37.6 Å². The Balaban J connectivity index is 1.72. The standard InChI is InChI=1S/C21H24BFN4OS/c22-16-6-4-10-25-18(16)19(28)26-14-7-8-17(23)15(11-14)21-9-3-1-2-5-13(21)12-29-20(24)27-21/h4,6-8,10-11,13H,1-3,5,9,12,22H2,(H2,24,27)(H,26,28). The third-order valence-corrected chi connectivity index (χ3v) is 6.90. The molecule has 3 N–H and O–H groups in total. The molecule has 0 spiro atoms. The van der Waals surface area contributed by atoms with E-state index in [1.807, 2.05) is 13.9 Å². The quantitative estimate of drug-likeness (QED) is 0.763. The van der Waals surface area contributed by atoms with Crippen molar-refractivity contribution < 1.29 is 9.18 Å². The van der Waals surface area contributed by atoms with E-state index in [1.165, 1.54) is 6.07 Å². The van der Waals surface area contributed by atoms with Crippen LogP contribution < -0.4 is 16.5 Å². The number of fused-ring (bicyclic) bond motifs is 1. The molecule has 1 aromatic carbocycles. The predicted molar refractivity (Wildman–Crippen MR) is 119 cm³/mol. The molecule has 8 heteroatoms. The number of aliphatic imine (C=N–C) groups is 1. The molecule has 1 aromatic heterocycles. The van der Waals surface area contributed by atoms with E-state index in [0.717, 1.165) is 43.3 Å². The highest BCUT2D eigenvalue weighted by atomic mass is 32.2. The zero-order valence-corrected chi connectivity index (χ0v) is 17.3. The molecule has 150 valence electrons. The molecule has 2 aromatic rings. The maximum absolute atomic E-state index is 15.1. The number of halogens is 1. The Morgan fingerprint density at radius 3 is 3.00 bits per heavy atom. The van der Waals surface area contributed by atoms with Crippen LogP contribution in [-0.2, 0) is 5.54 Å².